The third kappa shape index (κ3) is 4.01. The fourth-order valence-corrected chi connectivity index (χ4v) is 3.15. The maximum absolute atomic E-state index is 12.3. The van der Waals surface area contributed by atoms with E-state index in [4.69, 9.17) is 14.2 Å². The number of hydrogen-bond donors (Lipinski definition) is 2. The molecule has 146 valence electrons. The Labute approximate surface area is 167 Å². The van der Waals surface area contributed by atoms with Crippen LogP contribution in [0.2, 0.25) is 0 Å². The lowest BCUT2D eigenvalue weighted by atomic mass is 10.0. The van der Waals surface area contributed by atoms with Gasteiger partial charge in [0, 0.05) is 35.0 Å². The summed E-state index contributed by atoms with van der Waals surface area (Å²) in [6, 6.07) is 12.1. The summed E-state index contributed by atoms with van der Waals surface area (Å²) in [5.41, 5.74) is 2.47. The topological polar surface area (TPSA) is 89.7 Å². The van der Waals surface area contributed by atoms with Gasteiger partial charge in [0.05, 0.1) is 7.11 Å². The molecule has 2 heterocycles. The number of H-pyrrole nitrogens is 1. The minimum absolute atomic E-state index is 0.168. The zero-order valence-electron chi connectivity index (χ0n) is 15.7. The van der Waals surface area contributed by atoms with Crippen LogP contribution in [0.15, 0.2) is 48.7 Å². The molecule has 0 saturated heterocycles. The fourth-order valence-electron chi connectivity index (χ4n) is 3.15. The average molecular weight is 390 g/mol. The Morgan fingerprint density at radius 1 is 1.21 bits per heavy atom. The monoisotopic (exact) mass is 390 g/mol. The van der Waals surface area contributed by atoms with Crippen LogP contribution in [0, 0.1) is 11.8 Å². The molecule has 29 heavy (non-hydrogen) atoms. The van der Waals surface area contributed by atoms with Crippen LogP contribution < -0.4 is 14.8 Å². The van der Waals surface area contributed by atoms with E-state index in [1.165, 1.54) is 7.11 Å². The van der Waals surface area contributed by atoms with Crippen molar-refractivity contribution >= 4 is 22.8 Å². The summed E-state index contributed by atoms with van der Waals surface area (Å²) in [5, 5.41) is 3.62. The summed E-state index contributed by atoms with van der Waals surface area (Å²) in [6.07, 6.45) is 2.11. The number of methoxy groups -OCH3 is 1. The molecule has 0 saturated carbocycles. The minimum atomic E-state index is -0.849. The standard InChI is InChI=1S/C22H18N2O5/c1-27-22(26)18(11-15-12-23-17-5-3-2-4-16(15)17)24-21(25)9-7-14-6-8-19-20(10-14)29-13-28-19/h2-6,8,10,12,18,23H,11,13H2,1H3,(H,24,25)/t18-/m0/s1. The number of amides is 1. The molecular weight excluding hydrogens is 372 g/mol. The molecule has 7 nitrogen and oxygen atoms in total. The van der Waals surface area contributed by atoms with Gasteiger partial charge < -0.3 is 24.5 Å². The molecule has 1 aliphatic heterocycles. The van der Waals surface area contributed by atoms with Crippen LogP contribution in [0.5, 0.6) is 11.5 Å². The smallest absolute Gasteiger partial charge is 0.328 e. The molecule has 0 spiro atoms. The SMILES string of the molecule is COC(=O)[C@H](Cc1c[nH]c2ccccc12)NC(=O)C#Cc1ccc2c(c1)OCO2. The molecule has 1 atom stereocenters. The Balaban J connectivity index is 1.48. The van der Waals surface area contributed by atoms with Crippen molar-refractivity contribution in [2.45, 2.75) is 12.5 Å². The van der Waals surface area contributed by atoms with E-state index in [1.807, 2.05) is 30.5 Å². The molecule has 0 fully saturated rings. The summed E-state index contributed by atoms with van der Waals surface area (Å²) in [7, 11) is 1.29. The maximum atomic E-state index is 12.3. The summed E-state index contributed by atoms with van der Waals surface area (Å²) >= 11 is 0. The van der Waals surface area contributed by atoms with E-state index >= 15 is 0 Å². The van der Waals surface area contributed by atoms with Crippen molar-refractivity contribution in [3.05, 3.63) is 59.8 Å². The van der Waals surface area contributed by atoms with Gasteiger partial charge in [0.25, 0.3) is 5.91 Å². The van der Waals surface area contributed by atoms with Gasteiger partial charge in [-0.1, -0.05) is 24.1 Å². The Morgan fingerprint density at radius 3 is 2.90 bits per heavy atom. The predicted octanol–water partition coefficient (Wildman–Crippen LogP) is 2.15. The molecule has 0 aliphatic carbocycles. The Bertz CT molecular complexity index is 1140. The average Bonchev–Trinajstić information content (AvgIpc) is 3.38. The molecule has 3 aromatic rings. The molecule has 1 aromatic heterocycles. The second-order valence-corrected chi connectivity index (χ2v) is 6.43. The second-order valence-electron chi connectivity index (χ2n) is 6.43. The number of nitrogens with one attached hydrogen (secondary N) is 2. The number of benzene rings is 2. The van der Waals surface area contributed by atoms with Crippen LogP contribution >= 0.6 is 0 Å². The van der Waals surface area contributed by atoms with Crippen LogP contribution in [0.25, 0.3) is 10.9 Å². The van der Waals surface area contributed by atoms with Gasteiger partial charge in [-0.15, -0.1) is 0 Å². The number of aromatic amines is 1. The van der Waals surface area contributed by atoms with E-state index in [-0.39, 0.29) is 13.2 Å². The van der Waals surface area contributed by atoms with Crippen LogP contribution in [0.3, 0.4) is 0 Å². The largest absolute Gasteiger partial charge is 0.467 e. The highest BCUT2D eigenvalue weighted by Gasteiger charge is 2.22. The molecule has 0 bridgehead atoms. The van der Waals surface area contributed by atoms with E-state index in [9.17, 15) is 9.59 Å². The lowest BCUT2D eigenvalue weighted by molar-refractivity contribution is -0.144. The predicted molar refractivity (Wildman–Crippen MR) is 105 cm³/mol. The van der Waals surface area contributed by atoms with Gasteiger partial charge in [-0.3, -0.25) is 4.79 Å². The van der Waals surface area contributed by atoms with Gasteiger partial charge in [0.15, 0.2) is 11.5 Å². The summed E-state index contributed by atoms with van der Waals surface area (Å²) in [4.78, 5) is 27.7. The molecule has 1 aliphatic rings. The molecule has 4 rings (SSSR count). The number of para-hydroxylation sites is 1. The maximum Gasteiger partial charge on any atom is 0.328 e. The number of fused-ring (bicyclic) bond motifs is 2. The summed E-state index contributed by atoms with van der Waals surface area (Å²) < 4.78 is 15.4. The molecule has 2 aromatic carbocycles. The first-order valence-corrected chi connectivity index (χ1v) is 8.99. The fraction of sp³-hybridized carbons (Fsp3) is 0.182. The van der Waals surface area contributed by atoms with Gasteiger partial charge in [-0.2, -0.15) is 0 Å². The van der Waals surface area contributed by atoms with E-state index in [0.717, 1.165) is 16.5 Å². The third-order valence-corrected chi connectivity index (χ3v) is 4.58. The zero-order chi connectivity index (χ0) is 20.2. The zero-order valence-corrected chi connectivity index (χ0v) is 15.7. The lowest BCUT2D eigenvalue weighted by Crippen LogP contribution is -2.42. The molecule has 1 amide bonds. The van der Waals surface area contributed by atoms with Crippen molar-refractivity contribution < 1.29 is 23.8 Å². The summed E-state index contributed by atoms with van der Waals surface area (Å²) in [5.74, 6) is 5.40. The first-order valence-electron chi connectivity index (χ1n) is 8.99. The summed E-state index contributed by atoms with van der Waals surface area (Å²) in [6.45, 7) is 0.168. The second kappa shape index (κ2) is 7.98. The van der Waals surface area contributed by atoms with Crippen molar-refractivity contribution in [3.63, 3.8) is 0 Å². The Kier molecular flexibility index (Phi) is 5.08. The Morgan fingerprint density at radius 2 is 2.03 bits per heavy atom. The first kappa shape index (κ1) is 18.4. The van der Waals surface area contributed by atoms with Crippen LogP contribution in [-0.4, -0.2) is 36.8 Å². The third-order valence-electron chi connectivity index (χ3n) is 4.58. The highest BCUT2D eigenvalue weighted by Crippen LogP contribution is 2.32. The number of esters is 1. The molecule has 2 N–H and O–H groups in total. The van der Waals surface area contributed by atoms with Gasteiger partial charge in [0.1, 0.15) is 6.04 Å². The van der Waals surface area contributed by atoms with Crippen molar-refractivity contribution in [2.75, 3.05) is 13.9 Å². The quantitative estimate of drug-likeness (QED) is 0.526. The minimum Gasteiger partial charge on any atom is -0.467 e. The number of aromatic nitrogens is 1. The van der Waals surface area contributed by atoms with E-state index in [0.29, 0.717) is 17.1 Å². The van der Waals surface area contributed by atoms with Crippen LogP contribution in [0.4, 0.5) is 0 Å². The van der Waals surface area contributed by atoms with Crippen LogP contribution in [-0.2, 0) is 20.7 Å². The molecule has 0 radical (unpaired) electrons. The Hall–Kier alpha value is -3.92. The molecular formula is C22H18N2O5. The van der Waals surface area contributed by atoms with Gasteiger partial charge in [0.2, 0.25) is 6.79 Å². The number of hydrogen-bond acceptors (Lipinski definition) is 5. The molecule has 0 unspecified atom stereocenters. The highest BCUT2D eigenvalue weighted by molar-refractivity contribution is 5.97. The number of carbonyl (C=O) groups is 2. The van der Waals surface area contributed by atoms with Crippen LogP contribution in [0.1, 0.15) is 11.1 Å². The van der Waals surface area contributed by atoms with Gasteiger partial charge in [-0.25, -0.2) is 4.79 Å². The van der Waals surface area contributed by atoms with Crippen molar-refractivity contribution in [1.82, 2.24) is 10.3 Å². The molecule has 7 heteroatoms. The van der Waals surface area contributed by atoms with Crippen molar-refractivity contribution in [1.29, 1.82) is 0 Å². The van der Waals surface area contributed by atoms with Crippen molar-refractivity contribution in [3.8, 4) is 23.3 Å². The van der Waals surface area contributed by atoms with Crippen molar-refractivity contribution in [2.24, 2.45) is 0 Å². The number of ether oxygens (including phenoxy) is 3. The lowest BCUT2D eigenvalue weighted by Gasteiger charge is -2.14. The van der Waals surface area contributed by atoms with E-state index < -0.39 is 17.9 Å². The normalized spacial score (nSPS) is 12.7. The van der Waals surface area contributed by atoms with E-state index in [2.05, 4.69) is 22.1 Å². The first-order chi connectivity index (χ1) is 14.1. The van der Waals surface area contributed by atoms with Gasteiger partial charge in [-0.05, 0) is 29.8 Å². The van der Waals surface area contributed by atoms with E-state index in [1.54, 1.807) is 18.2 Å². The highest BCUT2D eigenvalue weighted by atomic mass is 16.7. The van der Waals surface area contributed by atoms with Gasteiger partial charge >= 0.3 is 5.97 Å². The number of carbonyl (C=O) groups excluding carboxylic acids is 2. The number of rotatable bonds is 4.